The molecule has 0 aromatic carbocycles. The highest BCUT2D eigenvalue weighted by atomic mass is 35.5. The van der Waals surface area contributed by atoms with Gasteiger partial charge in [-0.3, -0.25) is 4.79 Å². The van der Waals surface area contributed by atoms with Gasteiger partial charge in [-0.1, -0.05) is 0 Å². The summed E-state index contributed by atoms with van der Waals surface area (Å²) < 4.78 is -0.659. The van der Waals surface area contributed by atoms with Gasteiger partial charge in [0, 0.05) is 4.75 Å². The maximum atomic E-state index is 10.2. The van der Waals surface area contributed by atoms with Gasteiger partial charge in [0.1, 0.15) is 5.38 Å². The molecule has 0 saturated carbocycles. The van der Waals surface area contributed by atoms with E-state index in [4.69, 9.17) is 16.7 Å². The van der Waals surface area contributed by atoms with Crippen molar-refractivity contribution in [3.63, 3.8) is 0 Å². The van der Waals surface area contributed by atoms with E-state index < -0.39 is 16.1 Å². The summed E-state index contributed by atoms with van der Waals surface area (Å²) in [6.07, 6.45) is 0. The largest absolute Gasteiger partial charge is 0.480 e. The average molecular weight is 169 g/mol. The molecule has 0 aliphatic heterocycles. The molecule has 0 heterocycles. The molecule has 54 valence electrons. The minimum absolute atomic E-state index is 0.659. The zero-order valence-corrected chi connectivity index (χ0v) is 6.91. The number of carboxylic acid groups (broad SMARTS) is 1. The lowest BCUT2D eigenvalue weighted by Crippen LogP contribution is -2.32. The standard InChI is InChI=1S/C5H9ClO2S/c1-5(2,9)3(6)4(7)8/h3,9H,1-2H3,(H,7,8). The highest BCUT2D eigenvalue weighted by molar-refractivity contribution is 7.82. The Morgan fingerprint density at radius 1 is 1.78 bits per heavy atom. The Morgan fingerprint density at radius 2 is 2.11 bits per heavy atom. The van der Waals surface area contributed by atoms with Gasteiger partial charge in [0.2, 0.25) is 0 Å². The maximum Gasteiger partial charge on any atom is 0.323 e. The van der Waals surface area contributed by atoms with Crippen LogP contribution < -0.4 is 0 Å². The highest BCUT2D eigenvalue weighted by Crippen LogP contribution is 2.22. The molecular formula is C5H9ClO2S. The van der Waals surface area contributed by atoms with Gasteiger partial charge in [-0.2, -0.15) is 12.6 Å². The van der Waals surface area contributed by atoms with E-state index in [1.165, 1.54) is 0 Å². The smallest absolute Gasteiger partial charge is 0.323 e. The fourth-order valence-electron chi connectivity index (χ4n) is 0.302. The van der Waals surface area contributed by atoms with E-state index in [-0.39, 0.29) is 0 Å². The first-order valence-corrected chi connectivity index (χ1v) is 3.33. The molecule has 9 heavy (non-hydrogen) atoms. The Balaban J connectivity index is 4.04. The van der Waals surface area contributed by atoms with Gasteiger partial charge in [0.25, 0.3) is 0 Å². The number of halogens is 1. The molecule has 0 rings (SSSR count). The van der Waals surface area contributed by atoms with Crippen molar-refractivity contribution in [2.45, 2.75) is 24.0 Å². The second kappa shape index (κ2) is 2.80. The normalized spacial score (nSPS) is 15.1. The zero-order valence-electron chi connectivity index (χ0n) is 5.26. The summed E-state index contributed by atoms with van der Waals surface area (Å²) in [6, 6.07) is 0. The number of aliphatic carboxylic acids is 1. The van der Waals surface area contributed by atoms with Crippen molar-refractivity contribution in [3.05, 3.63) is 0 Å². The number of alkyl halides is 1. The first kappa shape index (κ1) is 9.11. The number of thiol groups is 1. The first-order valence-electron chi connectivity index (χ1n) is 2.45. The monoisotopic (exact) mass is 168 g/mol. The molecule has 0 aromatic rings. The highest BCUT2D eigenvalue weighted by Gasteiger charge is 2.29. The molecule has 0 saturated heterocycles. The minimum atomic E-state index is -1.03. The predicted molar refractivity (Wildman–Crippen MR) is 40.3 cm³/mol. The third kappa shape index (κ3) is 2.96. The summed E-state index contributed by atoms with van der Waals surface area (Å²) in [5, 5.41) is 7.41. The van der Waals surface area contributed by atoms with Crippen LogP contribution in [0.15, 0.2) is 0 Å². The molecule has 2 nitrogen and oxygen atoms in total. The summed E-state index contributed by atoms with van der Waals surface area (Å²) in [7, 11) is 0. The lowest BCUT2D eigenvalue weighted by molar-refractivity contribution is -0.137. The molecule has 0 radical (unpaired) electrons. The van der Waals surface area contributed by atoms with Gasteiger partial charge in [0.05, 0.1) is 0 Å². The van der Waals surface area contributed by atoms with Crippen LogP contribution in [0.25, 0.3) is 0 Å². The van der Waals surface area contributed by atoms with Crippen LogP contribution in [-0.2, 0) is 4.79 Å². The fourth-order valence-corrected chi connectivity index (χ4v) is 0.413. The molecule has 0 aliphatic rings. The van der Waals surface area contributed by atoms with Gasteiger partial charge in [0.15, 0.2) is 0 Å². The van der Waals surface area contributed by atoms with Crippen molar-refractivity contribution < 1.29 is 9.90 Å². The van der Waals surface area contributed by atoms with Crippen LogP contribution in [0.1, 0.15) is 13.8 Å². The maximum absolute atomic E-state index is 10.2. The molecule has 0 aliphatic carbocycles. The van der Waals surface area contributed by atoms with Crippen LogP contribution in [-0.4, -0.2) is 21.2 Å². The number of hydrogen-bond donors (Lipinski definition) is 2. The Hall–Kier alpha value is 0.110. The van der Waals surface area contributed by atoms with Crippen LogP contribution in [0, 0.1) is 0 Å². The van der Waals surface area contributed by atoms with E-state index in [1.807, 2.05) is 0 Å². The van der Waals surface area contributed by atoms with E-state index in [0.717, 1.165) is 0 Å². The van der Waals surface area contributed by atoms with Crippen molar-refractivity contribution in [1.29, 1.82) is 0 Å². The second-order valence-corrected chi connectivity index (χ2v) is 3.94. The van der Waals surface area contributed by atoms with E-state index in [9.17, 15) is 4.79 Å². The van der Waals surface area contributed by atoms with Crippen molar-refractivity contribution in [1.82, 2.24) is 0 Å². The van der Waals surface area contributed by atoms with Crippen LogP contribution in [0.4, 0.5) is 0 Å². The Labute approximate surface area is 64.6 Å². The predicted octanol–water partition coefficient (Wildman–Crippen LogP) is 1.39. The first-order chi connectivity index (χ1) is 3.85. The summed E-state index contributed by atoms with van der Waals surface area (Å²) in [4.78, 5) is 10.2. The SMILES string of the molecule is CC(C)(S)C(Cl)C(=O)O. The Morgan fingerprint density at radius 3 is 2.11 bits per heavy atom. The summed E-state index contributed by atoms with van der Waals surface area (Å²) >= 11 is 9.39. The van der Waals surface area contributed by atoms with Crippen molar-refractivity contribution in [3.8, 4) is 0 Å². The summed E-state index contributed by atoms with van der Waals surface area (Å²) in [6.45, 7) is 3.31. The van der Waals surface area contributed by atoms with E-state index in [0.29, 0.717) is 0 Å². The van der Waals surface area contributed by atoms with Gasteiger partial charge >= 0.3 is 5.97 Å². The fraction of sp³-hybridized carbons (Fsp3) is 0.800. The molecule has 0 amide bonds. The summed E-state index contributed by atoms with van der Waals surface area (Å²) in [5.41, 5.74) is 0. The van der Waals surface area contributed by atoms with E-state index in [1.54, 1.807) is 13.8 Å². The average Bonchev–Trinajstić information content (AvgIpc) is 1.62. The van der Waals surface area contributed by atoms with Gasteiger partial charge in [-0.05, 0) is 13.8 Å². The molecule has 1 atom stereocenters. The summed E-state index contributed by atoms with van der Waals surface area (Å²) in [5.74, 6) is -1.03. The molecule has 0 spiro atoms. The van der Waals surface area contributed by atoms with Crippen LogP contribution >= 0.6 is 24.2 Å². The van der Waals surface area contributed by atoms with Crippen LogP contribution in [0.2, 0.25) is 0 Å². The lowest BCUT2D eigenvalue weighted by atomic mass is 10.1. The number of carbonyl (C=O) groups is 1. The number of hydrogen-bond acceptors (Lipinski definition) is 2. The van der Waals surface area contributed by atoms with Crippen molar-refractivity contribution in [2.75, 3.05) is 0 Å². The van der Waals surface area contributed by atoms with E-state index >= 15 is 0 Å². The topological polar surface area (TPSA) is 37.3 Å². The molecule has 0 bridgehead atoms. The van der Waals surface area contributed by atoms with Crippen LogP contribution in [0.5, 0.6) is 0 Å². The van der Waals surface area contributed by atoms with Gasteiger partial charge < -0.3 is 5.11 Å². The van der Waals surface area contributed by atoms with Crippen molar-refractivity contribution in [2.24, 2.45) is 0 Å². The molecule has 1 unspecified atom stereocenters. The minimum Gasteiger partial charge on any atom is -0.480 e. The second-order valence-electron chi connectivity index (χ2n) is 2.35. The molecule has 0 fully saturated rings. The molecule has 1 N–H and O–H groups in total. The molecule has 0 aromatic heterocycles. The quantitative estimate of drug-likeness (QED) is 0.483. The van der Waals surface area contributed by atoms with Crippen LogP contribution in [0.3, 0.4) is 0 Å². The number of carboxylic acids is 1. The third-order valence-corrected chi connectivity index (χ3v) is 1.98. The van der Waals surface area contributed by atoms with E-state index in [2.05, 4.69) is 12.6 Å². The van der Waals surface area contributed by atoms with Gasteiger partial charge in [-0.25, -0.2) is 0 Å². The third-order valence-electron chi connectivity index (χ3n) is 0.837. The van der Waals surface area contributed by atoms with Crippen molar-refractivity contribution >= 4 is 30.2 Å². The Bertz CT molecular complexity index is 119. The number of rotatable bonds is 2. The zero-order chi connectivity index (χ0) is 7.65. The molecular weight excluding hydrogens is 160 g/mol. The van der Waals surface area contributed by atoms with Gasteiger partial charge in [-0.15, -0.1) is 11.6 Å². The Kier molecular flexibility index (Phi) is 2.83. The lowest BCUT2D eigenvalue weighted by Gasteiger charge is -2.19. The molecule has 4 heteroatoms.